The highest BCUT2D eigenvalue weighted by molar-refractivity contribution is 5.60. The topological polar surface area (TPSA) is 50.3 Å². The van der Waals surface area contributed by atoms with Gasteiger partial charge < -0.3 is 15.0 Å². The van der Waals surface area contributed by atoms with E-state index in [4.69, 9.17) is 0 Å². The molecule has 2 saturated heterocycles. The van der Waals surface area contributed by atoms with Gasteiger partial charge in [-0.15, -0.1) is 13.2 Å². The van der Waals surface area contributed by atoms with Crippen molar-refractivity contribution in [2.24, 2.45) is 0 Å². The second-order valence-corrected chi connectivity index (χ2v) is 7.67. The van der Waals surface area contributed by atoms with Gasteiger partial charge in [-0.25, -0.2) is 9.97 Å². The highest BCUT2D eigenvalue weighted by atomic mass is 19.4. The average Bonchev–Trinajstić information content (AvgIpc) is 3.21. The Hall–Kier alpha value is -2.19. The molecule has 1 spiro atoms. The summed E-state index contributed by atoms with van der Waals surface area (Å²) in [4.78, 5) is 11.4. The van der Waals surface area contributed by atoms with Crippen LogP contribution in [-0.2, 0) is 0 Å². The van der Waals surface area contributed by atoms with Crippen molar-refractivity contribution in [2.45, 2.75) is 50.2 Å². The Morgan fingerprint density at radius 2 is 2.07 bits per heavy atom. The van der Waals surface area contributed by atoms with Gasteiger partial charge in [0.25, 0.3) is 0 Å². The minimum atomic E-state index is -4.72. The van der Waals surface area contributed by atoms with Gasteiger partial charge >= 0.3 is 6.36 Å². The van der Waals surface area contributed by atoms with Crippen LogP contribution in [0.4, 0.5) is 13.2 Å². The van der Waals surface area contributed by atoms with Crippen molar-refractivity contribution in [1.29, 1.82) is 0 Å². The fourth-order valence-corrected chi connectivity index (χ4v) is 4.37. The van der Waals surface area contributed by atoms with Gasteiger partial charge in [-0.2, -0.15) is 0 Å². The summed E-state index contributed by atoms with van der Waals surface area (Å²) in [5.41, 5.74) is 1.23. The Morgan fingerprint density at radius 3 is 2.79 bits per heavy atom. The van der Waals surface area contributed by atoms with E-state index >= 15 is 0 Å². The minimum Gasteiger partial charge on any atom is -0.406 e. The summed E-state index contributed by atoms with van der Waals surface area (Å²) in [7, 11) is 2.14. The van der Waals surface area contributed by atoms with E-state index in [0.29, 0.717) is 23.1 Å². The Labute approximate surface area is 161 Å². The maximum absolute atomic E-state index is 12.5. The SMILES string of the molecule is CC1N(C)CC[C@@]12CC[C@@H](c1nccc(-c3cccc(OC(F)(F)F)c3)n1)N2. The summed E-state index contributed by atoms with van der Waals surface area (Å²) < 4.78 is 41.5. The number of hydrogen-bond donors (Lipinski definition) is 1. The fourth-order valence-electron chi connectivity index (χ4n) is 4.37. The molecule has 1 unspecified atom stereocenters. The van der Waals surface area contributed by atoms with Crippen LogP contribution < -0.4 is 10.1 Å². The highest BCUT2D eigenvalue weighted by Crippen LogP contribution is 2.41. The lowest BCUT2D eigenvalue weighted by atomic mass is 9.90. The maximum atomic E-state index is 12.5. The first kappa shape index (κ1) is 19.1. The summed E-state index contributed by atoms with van der Waals surface area (Å²) in [6.45, 7) is 3.31. The predicted octanol–water partition coefficient (Wildman–Crippen LogP) is 3.93. The molecule has 3 atom stereocenters. The molecule has 8 heteroatoms. The van der Waals surface area contributed by atoms with Crippen LogP contribution in [0.3, 0.4) is 0 Å². The van der Waals surface area contributed by atoms with Gasteiger partial charge in [0.2, 0.25) is 0 Å². The van der Waals surface area contributed by atoms with Gasteiger partial charge in [-0.05, 0) is 58.0 Å². The van der Waals surface area contributed by atoms with Crippen molar-refractivity contribution in [3.63, 3.8) is 0 Å². The number of likely N-dealkylation sites (tertiary alicyclic amines) is 1. The van der Waals surface area contributed by atoms with Crippen LogP contribution in [0.25, 0.3) is 11.3 Å². The Bertz CT molecular complexity index is 859. The number of hydrogen-bond acceptors (Lipinski definition) is 5. The van der Waals surface area contributed by atoms with Crippen molar-refractivity contribution in [1.82, 2.24) is 20.2 Å². The summed E-state index contributed by atoms with van der Waals surface area (Å²) >= 11 is 0. The molecule has 3 heterocycles. The number of aromatic nitrogens is 2. The third-order valence-corrected chi connectivity index (χ3v) is 6.06. The van der Waals surface area contributed by atoms with Gasteiger partial charge in [0, 0.05) is 23.3 Å². The minimum absolute atomic E-state index is 0.0449. The standard InChI is InChI=1S/C20H23F3N4O/c1-13-19(9-11-27(13)2)8-6-17(26-19)18-24-10-7-16(25-18)14-4-3-5-15(12-14)28-20(21,22)23/h3-5,7,10,12-13,17,26H,6,8-9,11H2,1-2H3/t13?,17-,19-/m0/s1. The number of rotatable bonds is 3. The Balaban J connectivity index is 1.55. The molecular weight excluding hydrogens is 369 g/mol. The molecule has 2 aliphatic rings. The quantitative estimate of drug-likeness (QED) is 0.858. The first-order chi connectivity index (χ1) is 13.3. The first-order valence-corrected chi connectivity index (χ1v) is 9.43. The van der Waals surface area contributed by atoms with E-state index in [2.05, 4.69) is 38.9 Å². The van der Waals surface area contributed by atoms with Crippen LogP contribution >= 0.6 is 0 Å². The van der Waals surface area contributed by atoms with Crippen molar-refractivity contribution in [3.05, 3.63) is 42.4 Å². The van der Waals surface area contributed by atoms with Crippen LogP contribution in [0.15, 0.2) is 36.5 Å². The zero-order valence-corrected chi connectivity index (χ0v) is 15.8. The molecule has 2 fully saturated rings. The third-order valence-electron chi connectivity index (χ3n) is 6.06. The summed E-state index contributed by atoms with van der Waals surface area (Å²) in [6.07, 6.45) is 0.0384. The molecule has 1 aromatic heterocycles. The number of nitrogens with zero attached hydrogens (tertiary/aromatic N) is 3. The van der Waals surface area contributed by atoms with E-state index in [0.717, 1.165) is 25.8 Å². The number of halogens is 3. The monoisotopic (exact) mass is 392 g/mol. The van der Waals surface area contributed by atoms with E-state index in [9.17, 15) is 13.2 Å². The van der Waals surface area contributed by atoms with E-state index in [1.54, 1.807) is 18.3 Å². The third kappa shape index (κ3) is 3.71. The fraction of sp³-hybridized carbons (Fsp3) is 0.500. The summed E-state index contributed by atoms with van der Waals surface area (Å²) in [5.74, 6) is 0.421. The van der Waals surface area contributed by atoms with Gasteiger partial charge in [0.1, 0.15) is 11.6 Å². The van der Waals surface area contributed by atoms with Gasteiger partial charge in [0.15, 0.2) is 0 Å². The molecule has 28 heavy (non-hydrogen) atoms. The number of ether oxygens (including phenoxy) is 1. The molecule has 0 amide bonds. The molecule has 0 bridgehead atoms. The van der Waals surface area contributed by atoms with Crippen molar-refractivity contribution >= 4 is 0 Å². The van der Waals surface area contributed by atoms with Crippen LogP contribution in [0.5, 0.6) is 5.75 Å². The van der Waals surface area contributed by atoms with E-state index in [-0.39, 0.29) is 17.3 Å². The van der Waals surface area contributed by atoms with Crippen LogP contribution in [-0.4, -0.2) is 46.4 Å². The van der Waals surface area contributed by atoms with E-state index < -0.39 is 6.36 Å². The molecule has 2 aromatic rings. The number of nitrogens with one attached hydrogen (secondary N) is 1. The van der Waals surface area contributed by atoms with Crippen molar-refractivity contribution in [3.8, 4) is 17.0 Å². The van der Waals surface area contributed by atoms with E-state index in [1.807, 2.05) is 0 Å². The van der Waals surface area contributed by atoms with Gasteiger partial charge in [0.05, 0.1) is 11.7 Å². The summed E-state index contributed by atoms with van der Waals surface area (Å²) in [5, 5.41) is 3.74. The smallest absolute Gasteiger partial charge is 0.406 e. The number of alkyl halides is 3. The van der Waals surface area contributed by atoms with Crippen molar-refractivity contribution in [2.75, 3.05) is 13.6 Å². The molecule has 0 aliphatic carbocycles. The van der Waals surface area contributed by atoms with E-state index in [1.165, 1.54) is 18.2 Å². The summed E-state index contributed by atoms with van der Waals surface area (Å²) in [6, 6.07) is 8.05. The highest BCUT2D eigenvalue weighted by Gasteiger charge is 2.48. The molecule has 0 radical (unpaired) electrons. The molecular formula is C20H23F3N4O. The zero-order chi connectivity index (χ0) is 19.9. The molecule has 5 nitrogen and oxygen atoms in total. The molecule has 4 rings (SSSR count). The van der Waals surface area contributed by atoms with Crippen LogP contribution in [0, 0.1) is 0 Å². The molecule has 0 saturated carbocycles. The van der Waals surface area contributed by atoms with Gasteiger partial charge in [-0.1, -0.05) is 12.1 Å². The Kier molecular flexibility index (Phi) is 4.79. The first-order valence-electron chi connectivity index (χ1n) is 9.43. The maximum Gasteiger partial charge on any atom is 0.573 e. The average molecular weight is 392 g/mol. The van der Waals surface area contributed by atoms with Crippen LogP contribution in [0.2, 0.25) is 0 Å². The lowest BCUT2D eigenvalue weighted by Gasteiger charge is -2.32. The normalized spacial score (nSPS) is 28.2. The molecule has 1 N–H and O–H groups in total. The lowest BCUT2D eigenvalue weighted by molar-refractivity contribution is -0.274. The zero-order valence-electron chi connectivity index (χ0n) is 15.8. The molecule has 2 aliphatic heterocycles. The second-order valence-electron chi connectivity index (χ2n) is 7.67. The Morgan fingerprint density at radius 1 is 1.25 bits per heavy atom. The second kappa shape index (κ2) is 7.00. The van der Waals surface area contributed by atoms with Crippen LogP contribution in [0.1, 0.15) is 38.1 Å². The molecule has 150 valence electrons. The number of benzene rings is 1. The van der Waals surface area contributed by atoms with Crippen molar-refractivity contribution < 1.29 is 17.9 Å². The number of likely N-dealkylation sites (N-methyl/N-ethyl adjacent to an activating group) is 1. The predicted molar refractivity (Wildman–Crippen MR) is 98.7 cm³/mol. The van der Waals surface area contributed by atoms with Gasteiger partial charge in [-0.3, -0.25) is 0 Å². The lowest BCUT2D eigenvalue weighted by Crippen LogP contribution is -2.49. The molecule has 1 aromatic carbocycles. The largest absolute Gasteiger partial charge is 0.573 e.